The molecule has 0 fully saturated rings. The summed E-state index contributed by atoms with van der Waals surface area (Å²) >= 11 is 0. The summed E-state index contributed by atoms with van der Waals surface area (Å²) in [5.41, 5.74) is 4.99. The maximum atomic E-state index is 13.4. The van der Waals surface area contributed by atoms with E-state index in [2.05, 4.69) is 64.7 Å². The first-order valence-electron chi connectivity index (χ1n) is 12.1. The van der Waals surface area contributed by atoms with Gasteiger partial charge in [-0.05, 0) is 62.4 Å². The fraction of sp³-hybridized carbons (Fsp3) is 0.267. The fourth-order valence-corrected chi connectivity index (χ4v) is 5.37. The Morgan fingerprint density at radius 2 is 1.47 bits per heavy atom. The standard InChI is InChI=1S/C30H34N2OS/c1-24-19-21-28(22-20-24)34(33)32-30(27-17-9-4-10-18-27)29(26-15-7-3-8-16-26)31-23-11-14-25-12-5-2-6-13-25/h2-5,7-10,13,15-22,29-32H,6,11-12,14,23H2,1H3/t29-,30-,34?/m1/s1. The smallest absolute Gasteiger partial charge is 0.125 e. The van der Waals surface area contributed by atoms with E-state index in [1.165, 1.54) is 11.1 Å². The second kappa shape index (κ2) is 12.6. The summed E-state index contributed by atoms with van der Waals surface area (Å²) in [4.78, 5) is 0.788. The van der Waals surface area contributed by atoms with Gasteiger partial charge in [-0.2, -0.15) is 0 Å². The Labute approximate surface area is 206 Å². The molecule has 3 atom stereocenters. The highest BCUT2D eigenvalue weighted by Crippen LogP contribution is 2.30. The molecule has 0 aliphatic heterocycles. The van der Waals surface area contributed by atoms with E-state index < -0.39 is 11.0 Å². The van der Waals surface area contributed by atoms with Crippen molar-refractivity contribution >= 4 is 11.0 Å². The summed E-state index contributed by atoms with van der Waals surface area (Å²) in [6.07, 6.45) is 11.2. The lowest BCUT2D eigenvalue weighted by atomic mass is 9.93. The highest BCUT2D eigenvalue weighted by Gasteiger charge is 2.26. The molecule has 0 amide bonds. The fourth-order valence-electron chi connectivity index (χ4n) is 4.35. The van der Waals surface area contributed by atoms with Crippen molar-refractivity contribution in [1.29, 1.82) is 0 Å². The second-order valence-corrected chi connectivity index (χ2v) is 10.1. The van der Waals surface area contributed by atoms with Gasteiger partial charge >= 0.3 is 0 Å². The SMILES string of the molecule is Cc1ccc(S(=O)N[C@H](c2ccccc2)[C@H](NCCCC2=CCC=CC2)c2ccccc2)cc1. The van der Waals surface area contributed by atoms with E-state index in [1.807, 2.05) is 55.5 Å². The molecule has 3 nitrogen and oxygen atoms in total. The van der Waals surface area contributed by atoms with Crippen LogP contribution in [0, 0.1) is 6.92 Å². The van der Waals surface area contributed by atoms with Gasteiger partial charge in [-0.25, -0.2) is 8.93 Å². The molecule has 4 rings (SSSR count). The number of allylic oxidation sites excluding steroid dienone is 4. The van der Waals surface area contributed by atoms with Crippen molar-refractivity contribution in [3.63, 3.8) is 0 Å². The Balaban J connectivity index is 1.55. The van der Waals surface area contributed by atoms with E-state index in [-0.39, 0.29) is 12.1 Å². The van der Waals surface area contributed by atoms with E-state index in [0.29, 0.717) is 0 Å². The van der Waals surface area contributed by atoms with Gasteiger partial charge < -0.3 is 5.32 Å². The molecule has 0 spiro atoms. The van der Waals surface area contributed by atoms with Crippen LogP contribution in [0.15, 0.2) is 114 Å². The Morgan fingerprint density at radius 1 is 0.824 bits per heavy atom. The lowest BCUT2D eigenvalue weighted by Crippen LogP contribution is -2.37. The zero-order chi connectivity index (χ0) is 23.6. The van der Waals surface area contributed by atoms with Gasteiger partial charge in [0.15, 0.2) is 0 Å². The first-order valence-corrected chi connectivity index (χ1v) is 13.3. The summed E-state index contributed by atoms with van der Waals surface area (Å²) in [5.74, 6) is 0. The molecule has 0 radical (unpaired) electrons. The molecule has 1 aliphatic rings. The van der Waals surface area contributed by atoms with E-state index in [0.717, 1.165) is 48.3 Å². The van der Waals surface area contributed by atoms with Crippen molar-refractivity contribution in [3.05, 3.63) is 125 Å². The number of benzene rings is 3. The van der Waals surface area contributed by atoms with E-state index in [9.17, 15) is 4.21 Å². The van der Waals surface area contributed by atoms with Crippen LogP contribution in [0.25, 0.3) is 0 Å². The van der Waals surface area contributed by atoms with Gasteiger partial charge in [0.2, 0.25) is 0 Å². The van der Waals surface area contributed by atoms with E-state index >= 15 is 0 Å². The third-order valence-electron chi connectivity index (χ3n) is 6.25. The van der Waals surface area contributed by atoms with Gasteiger partial charge in [0.25, 0.3) is 0 Å². The highest BCUT2D eigenvalue weighted by molar-refractivity contribution is 7.83. The van der Waals surface area contributed by atoms with Crippen molar-refractivity contribution in [2.45, 2.75) is 49.6 Å². The van der Waals surface area contributed by atoms with E-state index in [4.69, 9.17) is 0 Å². The number of hydrogen-bond donors (Lipinski definition) is 2. The predicted molar refractivity (Wildman–Crippen MR) is 143 cm³/mol. The highest BCUT2D eigenvalue weighted by atomic mass is 32.2. The van der Waals surface area contributed by atoms with Gasteiger partial charge in [0.05, 0.1) is 17.0 Å². The molecule has 0 saturated heterocycles. The van der Waals surface area contributed by atoms with Crippen molar-refractivity contribution in [2.24, 2.45) is 0 Å². The number of hydrogen-bond acceptors (Lipinski definition) is 2. The topological polar surface area (TPSA) is 41.1 Å². The van der Waals surface area contributed by atoms with Crippen molar-refractivity contribution in [3.8, 4) is 0 Å². The largest absolute Gasteiger partial charge is 0.308 e. The van der Waals surface area contributed by atoms with Crippen LogP contribution in [-0.4, -0.2) is 10.8 Å². The summed E-state index contributed by atoms with van der Waals surface area (Å²) in [5, 5.41) is 3.80. The van der Waals surface area contributed by atoms with Gasteiger partial charge in [-0.1, -0.05) is 102 Å². The minimum absolute atomic E-state index is 0.0155. The molecule has 2 N–H and O–H groups in total. The van der Waals surface area contributed by atoms with Crippen LogP contribution in [0.5, 0.6) is 0 Å². The summed E-state index contributed by atoms with van der Waals surface area (Å²) in [6.45, 7) is 2.94. The molecule has 34 heavy (non-hydrogen) atoms. The lowest BCUT2D eigenvalue weighted by molar-refractivity contribution is 0.427. The molecule has 1 aliphatic carbocycles. The zero-order valence-corrected chi connectivity index (χ0v) is 20.6. The molecule has 1 unspecified atom stereocenters. The van der Waals surface area contributed by atoms with Crippen LogP contribution in [-0.2, 0) is 11.0 Å². The van der Waals surface area contributed by atoms with Crippen LogP contribution in [0.4, 0.5) is 0 Å². The van der Waals surface area contributed by atoms with E-state index in [1.54, 1.807) is 0 Å². The Morgan fingerprint density at radius 3 is 2.09 bits per heavy atom. The average molecular weight is 471 g/mol. The number of nitrogens with one attached hydrogen (secondary N) is 2. The molecule has 3 aromatic rings. The second-order valence-electron chi connectivity index (χ2n) is 8.81. The molecule has 4 heteroatoms. The normalized spacial score (nSPS) is 16.0. The van der Waals surface area contributed by atoms with Gasteiger partial charge in [-0.15, -0.1) is 0 Å². The van der Waals surface area contributed by atoms with Crippen LogP contribution in [0.2, 0.25) is 0 Å². The van der Waals surface area contributed by atoms with Crippen LogP contribution >= 0.6 is 0 Å². The Kier molecular flexibility index (Phi) is 9.03. The molecule has 0 aromatic heterocycles. The number of aryl methyl sites for hydroxylation is 1. The van der Waals surface area contributed by atoms with Crippen LogP contribution in [0.3, 0.4) is 0 Å². The first-order chi connectivity index (χ1) is 16.7. The van der Waals surface area contributed by atoms with Crippen molar-refractivity contribution < 1.29 is 4.21 Å². The van der Waals surface area contributed by atoms with Gasteiger partial charge in [-0.3, -0.25) is 0 Å². The minimum atomic E-state index is -1.33. The molecular weight excluding hydrogens is 436 g/mol. The predicted octanol–water partition coefficient (Wildman–Crippen LogP) is 6.74. The third kappa shape index (κ3) is 6.86. The van der Waals surface area contributed by atoms with Crippen molar-refractivity contribution in [1.82, 2.24) is 10.0 Å². The minimum Gasteiger partial charge on any atom is -0.308 e. The molecular formula is C30H34N2OS. The third-order valence-corrected chi connectivity index (χ3v) is 7.42. The van der Waals surface area contributed by atoms with Crippen LogP contribution < -0.4 is 10.0 Å². The average Bonchev–Trinajstić information content (AvgIpc) is 2.89. The zero-order valence-electron chi connectivity index (χ0n) is 19.8. The maximum Gasteiger partial charge on any atom is 0.125 e. The lowest BCUT2D eigenvalue weighted by Gasteiger charge is -2.30. The summed E-state index contributed by atoms with van der Waals surface area (Å²) in [7, 11) is -1.33. The molecule has 3 aromatic carbocycles. The number of rotatable bonds is 11. The molecule has 0 saturated carbocycles. The Hall–Kier alpha value is -2.79. The monoisotopic (exact) mass is 470 g/mol. The van der Waals surface area contributed by atoms with Crippen molar-refractivity contribution in [2.75, 3.05) is 6.54 Å². The Bertz CT molecular complexity index is 1110. The molecule has 176 valence electrons. The summed E-state index contributed by atoms with van der Waals surface area (Å²) < 4.78 is 16.8. The van der Waals surface area contributed by atoms with Gasteiger partial charge in [0.1, 0.15) is 11.0 Å². The van der Waals surface area contributed by atoms with Crippen LogP contribution in [0.1, 0.15) is 54.5 Å². The maximum absolute atomic E-state index is 13.4. The molecule has 0 bridgehead atoms. The first kappa shape index (κ1) is 24.3. The molecule has 0 heterocycles. The summed E-state index contributed by atoms with van der Waals surface area (Å²) in [6, 6.07) is 28.6. The quantitative estimate of drug-likeness (QED) is 0.241. The van der Waals surface area contributed by atoms with Gasteiger partial charge in [0, 0.05) is 0 Å².